The van der Waals surface area contributed by atoms with Crippen molar-refractivity contribution in [2.75, 3.05) is 18.4 Å². The van der Waals surface area contributed by atoms with E-state index in [1.807, 2.05) is 0 Å². The Morgan fingerprint density at radius 2 is 2.21 bits per heavy atom. The van der Waals surface area contributed by atoms with Gasteiger partial charge < -0.3 is 4.90 Å². The number of amides is 2. The fourth-order valence-electron chi connectivity index (χ4n) is 2.09. The lowest BCUT2D eigenvalue weighted by Gasteiger charge is -2.15. The Labute approximate surface area is 112 Å². The van der Waals surface area contributed by atoms with E-state index >= 15 is 0 Å². The molecule has 1 atom stereocenters. The van der Waals surface area contributed by atoms with Crippen LogP contribution in [0.15, 0.2) is 18.5 Å². The molecule has 1 saturated heterocycles. The van der Waals surface area contributed by atoms with Gasteiger partial charge in [0.1, 0.15) is 0 Å². The van der Waals surface area contributed by atoms with Gasteiger partial charge >= 0.3 is 0 Å². The molecule has 19 heavy (non-hydrogen) atoms. The van der Waals surface area contributed by atoms with Crippen molar-refractivity contribution in [2.24, 2.45) is 5.92 Å². The van der Waals surface area contributed by atoms with Crippen LogP contribution in [0.5, 0.6) is 0 Å². The zero-order chi connectivity index (χ0) is 13.7. The third-order valence-electron chi connectivity index (χ3n) is 3.17. The molecule has 102 valence electrons. The second kappa shape index (κ2) is 6.26. The molecule has 0 saturated carbocycles. The minimum absolute atomic E-state index is 0.0579. The number of carbonyl (C=O) groups is 2. The molecule has 0 bridgehead atoms. The summed E-state index contributed by atoms with van der Waals surface area (Å²) in [5.41, 5.74) is 0. The first-order chi connectivity index (χ1) is 9.20. The minimum atomic E-state index is -0.298. The molecule has 6 nitrogen and oxygen atoms in total. The molecule has 6 heteroatoms. The largest absolute Gasteiger partial charge is 0.342 e. The first kappa shape index (κ1) is 13.5. The highest BCUT2D eigenvalue weighted by Gasteiger charge is 2.34. The number of rotatable bonds is 5. The maximum Gasteiger partial charge on any atom is 0.232 e. The number of unbranched alkanes of at least 4 members (excludes halogenated alkanes) is 1. The van der Waals surface area contributed by atoms with E-state index < -0.39 is 0 Å². The van der Waals surface area contributed by atoms with Crippen LogP contribution in [0.4, 0.5) is 5.95 Å². The van der Waals surface area contributed by atoms with Gasteiger partial charge in [0, 0.05) is 31.9 Å². The number of nitrogens with one attached hydrogen (secondary N) is 1. The van der Waals surface area contributed by atoms with Crippen LogP contribution in [0.25, 0.3) is 0 Å². The summed E-state index contributed by atoms with van der Waals surface area (Å²) in [5, 5.41) is 2.64. The number of anilines is 1. The van der Waals surface area contributed by atoms with E-state index in [-0.39, 0.29) is 30.1 Å². The molecular formula is C13H18N4O2. The van der Waals surface area contributed by atoms with Gasteiger partial charge in [-0.3, -0.25) is 14.9 Å². The molecule has 1 N–H and O–H groups in total. The van der Waals surface area contributed by atoms with Gasteiger partial charge in [0.2, 0.25) is 17.8 Å². The van der Waals surface area contributed by atoms with Crippen LogP contribution in [0, 0.1) is 5.92 Å². The predicted molar refractivity (Wildman–Crippen MR) is 70.3 cm³/mol. The van der Waals surface area contributed by atoms with Crippen molar-refractivity contribution in [2.45, 2.75) is 26.2 Å². The molecule has 1 aromatic rings. The van der Waals surface area contributed by atoms with Gasteiger partial charge in [-0.25, -0.2) is 9.97 Å². The van der Waals surface area contributed by atoms with Crippen molar-refractivity contribution in [1.29, 1.82) is 0 Å². The maximum absolute atomic E-state index is 12.0. The summed E-state index contributed by atoms with van der Waals surface area (Å²) in [5.74, 6) is -0.138. The standard InChI is InChI=1S/C13H18N4O2/c1-2-3-7-17-9-10(8-11(17)18)12(19)16-13-14-5-4-6-15-13/h4-6,10H,2-3,7-9H2,1H3,(H,14,15,16,19)/t10-/m0/s1. The first-order valence-corrected chi connectivity index (χ1v) is 6.56. The Morgan fingerprint density at radius 1 is 1.47 bits per heavy atom. The lowest BCUT2D eigenvalue weighted by Crippen LogP contribution is -2.29. The summed E-state index contributed by atoms with van der Waals surface area (Å²) in [6.45, 7) is 3.32. The van der Waals surface area contributed by atoms with Gasteiger partial charge in [-0.1, -0.05) is 13.3 Å². The maximum atomic E-state index is 12.0. The van der Waals surface area contributed by atoms with Gasteiger partial charge in [0.15, 0.2) is 0 Å². The Balaban J connectivity index is 1.89. The number of likely N-dealkylation sites (tertiary alicyclic amines) is 1. The average molecular weight is 262 g/mol. The second-order valence-electron chi connectivity index (χ2n) is 4.66. The van der Waals surface area contributed by atoms with Crippen molar-refractivity contribution >= 4 is 17.8 Å². The molecule has 2 amide bonds. The third kappa shape index (κ3) is 3.49. The van der Waals surface area contributed by atoms with Crippen LogP contribution >= 0.6 is 0 Å². The molecule has 0 radical (unpaired) electrons. The van der Waals surface area contributed by atoms with Crippen LogP contribution in [-0.2, 0) is 9.59 Å². The van der Waals surface area contributed by atoms with Gasteiger partial charge in [0.05, 0.1) is 5.92 Å². The summed E-state index contributed by atoms with van der Waals surface area (Å²) < 4.78 is 0. The molecule has 1 fully saturated rings. The van der Waals surface area contributed by atoms with E-state index in [0.717, 1.165) is 19.4 Å². The van der Waals surface area contributed by atoms with Crippen molar-refractivity contribution < 1.29 is 9.59 Å². The van der Waals surface area contributed by atoms with E-state index in [4.69, 9.17) is 0 Å². The Hall–Kier alpha value is -1.98. The van der Waals surface area contributed by atoms with Gasteiger partial charge in [-0.2, -0.15) is 0 Å². The monoisotopic (exact) mass is 262 g/mol. The number of hydrogen-bond donors (Lipinski definition) is 1. The summed E-state index contributed by atoms with van der Waals surface area (Å²) in [7, 11) is 0. The van der Waals surface area contributed by atoms with Crippen molar-refractivity contribution in [3.05, 3.63) is 18.5 Å². The molecule has 0 unspecified atom stereocenters. The Morgan fingerprint density at radius 3 is 2.89 bits per heavy atom. The normalized spacial score (nSPS) is 18.7. The van der Waals surface area contributed by atoms with Gasteiger partial charge in [0.25, 0.3) is 0 Å². The quantitative estimate of drug-likeness (QED) is 0.861. The third-order valence-corrected chi connectivity index (χ3v) is 3.17. The molecule has 2 heterocycles. The van der Waals surface area contributed by atoms with Crippen LogP contribution in [-0.4, -0.2) is 39.8 Å². The lowest BCUT2D eigenvalue weighted by atomic mass is 10.1. The van der Waals surface area contributed by atoms with Crippen LogP contribution in [0.2, 0.25) is 0 Å². The first-order valence-electron chi connectivity index (χ1n) is 6.56. The fraction of sp³-hybridized carbons (Fsp3) is 0.538. The van der Waals surface area contributed by atoms with E-state index in [1.165, 1.54) is 0 Å². The molecule has 0 spiro atoms. The van der Waals surface area contributed by atoms with E-state index in [2.05, 4.69) is 22.2 Å². The van der Waals surface area contributed by atoms with E-state index in [9.17, 15) is 9.59 Å². The molecule has 2 rings (SSSR count). The van der Waals surface area contributed by atoms with Crippen molar-refractivity contribution in [3.8, 4) is 0 Å². The second-order valence-corrected chi connectivity index (χ2v) is 4.66. The summed E-state index contributed by atoms with van der Waals surface area (Å²) >= 11 is 0. The molecular weight excluding hydrogens is 244 g/mol. The lowest BCUT2D eigenvalue weighted by molar-refractivity contribution is -0.128. The Kier molecular flexibility index (Phi) is 4.43. The molecule has 1 aromatic heterocycles. The van der Waals surface area contributed by atoms with Gasteiger partial charge in [-0.05, 0) is 12.5 Å². The SMILES string of the molecule is CCCCN1C[C@@H](C(=O)Nc2ncccn2)CC1=O. The van der Waals surface area contributed by atoms with Crippen LogP contribution in [0.3, 0.4) is 0 Å². The number of hydrogen-bond acceptors (Lipinski definition) is 4. The summed E-state index contributed by atoms with van der Waals surface area (Å²) in [4.78, 5) is 33.4. The van der Waals surface area contributed by atoms with E-state index in [0.29, 0.717) is 6.54 Å². The minimum Gasteiger partial charge on any atom is -0.342 e. The molecule has 1 aliphatic heterocycles. The number of carbonyl (C=O) groups excluding carboxylic acids is 2. The van der Waals surface area contributed by atoms with Gasteiger partial charge in [-0.15, -0.1) is 0 Å². The van der Waals surface area contributed by atoms with E-state index in [1.54, 1.807) is 23.4 Å². The highest BCUT2D eigenvalue weighted by molar-refractivity contribution is 5.96. The predicted octanol–water partition coefficient (Wildman–Crippen LogP) is 1.06. The van der Waals surface area contributed by atoms with Crippen LogP contribution < -0.4 is 5.32 Å². The summed E-state index contributed by atoms with van der Waals surface area (Å²) in [6.07, 6.45) is 5.43. The molecule has 1 aliphatic rings. The summed E-state index contributed by atoms with van der Waals surface area (Å²) in [6, 6.07) is 1.68. The highest BCUT2D eigenvalue weighted by atomic mass is 16.2. The van der Waals surface area contributed by atoms with Crippen molar-refractivity contribution in [1.82, 2.24) is 14.9 Å². The number of nitrogens with zero attached hydrogens (tertiary/aromatic N) is 3. The molecule has 0 aromatic carbocycles. The smallest absolute Gasteiger partial charge is 0.232 e. The molecule has 0 aliphatic carbocycles. The topological polar surface area (TPSA) is 75.2 Å². The van der Waals surface area contributed by atoms with Crippen LogP contribution in [0.1, 0.15) is 26.2 Å². The fourth-order valence-corrected chi connectivity index (χ4v) is 2.09. The average Bonchev–Trinajstić information content (AvgIpc) is 2.79. The number of aromatic nitrogens is 2. The zero-order valence-corrected chi connectivity index (χ0v) is 11.0. The van der Waals surface area contributed by atoms with Crippen molar-refractivity contribution in [3.63, 3.8) is 0 Å². The zero-order valence-electron chi connectivity index (χ0n) is 11.0. The highest BCUT2D eigenvalue weighted by Crippen LogP contribution is 2.19. The Bertz CT molecular complexity index is 449.